The van der Waals surface area contributed by atoms with Crippen molar-refractivity contribution in [2.24, 2.45) is 5.73 Å². The monoisotopic (exact) mass is 1940 g/mol. The first-order valence-corrected chi connectivity index (χ1v) is 39.1. The number of carbonyl (C=O) groups is 4. The van der Waals surface area contributed by atoms with Crippen molar-refractivity contribution >= 4 is 65.2 Å². The SMILES string of the molecule is CC(=O)NC1[C@@H](O[C@@H]2[CH-]O[C@@H](O[C@@H]3C(CO)O[C@H](O[C@@H]4[CH-]O[C@@H](O[C@@H]5C(CO)O[C@H](O[C@@H]6[CH-]O[C@@H](O[C@@H]7C(CO)O[C@@H](O[C@@H]8[CH-]O[C@@H](OCCCCCN)[CH-][C@@H]8O)C(NC(C)=O)[C@H]7O)[CH-][C@@H]6O)C(NC(C)=O)[C@H]5O)[CH-][C@@H]4O)C(NC(C)=O)[C@H]3O)[CH-][C@@H]2O)OC(CO)[C@@H](O)[C@@H]1O.O=S(=O)([O-])O.O=S(=O)([O-])O.O=S(=O)([O-])O.O=S(=O)([O-])O.[Na+].[Na+].[Na+].[Na+].[Na+].[Na+].[Na+].[Na+]. The van der Waals surface area contributed by atoms with Crippen LogP contribution < -0.4 is 263 Å². The molecule has 8 fully saturated rings. The van der Waals surface area contributed by atoms with Gasteiger partial charge in [-0.15, -0.1) is 0 Å². The van der Waals surface area contributed by atoms with Gasteiger partial charge >= 0.3 is 236 Å². The van der Waals surface area contributed by atoms with Crippen LogP contribution in [0.3, 0.4) is 0 Å². The smallest absolute Gasteiger partial charge is 0.726 e. The van der Waals surface area contributed by atoms with E-state index in [-0.39, 0.29) is 236 Å². The zero-order valence-corrected chi connectivity index (χ0v) is 87.6. The molecule has 0 spiro atoms. The number of rotatable bonds is 28. The van der Waals surface area contributed by atoms with Crippen LogP contribution in [0.4, 0.5) is 0 Å². The van der Waals surface area contributed by atoms with Crippen LogP contribution in [0.25, 0.3) is 0 Å². The van der Waals surface area contributed by atoms with E-state index >= 15 is 0 Å². The minimum absolute atomic E-state index is 0. The van der Waals surface area contributed by atoms with E-state index in [9.17, 15) is 85.6 Å². The minimum Gasteiger partial charge on any atom is -0.726 e. The Morgan fingerprint density at radius 2 is 0.569 bits per heavy atom. The number of hydrogen-bond acceptors (Lipinski definition) is 46. The maximum atomic E-state index is 12.6. The van der Waals surface area contributed by atoms with Crippen LogP contribution in [0.15, 0.2) is 0 Å². The van der Waals surface area contributed by atoms with Crippen molar-refractivity contribution in [2.45, 2.75) is 244 Å². The fourth-order valence-corrected chi connectivity index (χ4v) is 11.5. The molecule has 0 bridgehead atoms. The third kappa shape index (κ3) is 51.1. The van der Waals surface area contributed by atoms with Crippen LogP contribution in [0.2, 0.25) is 0 Å². The number of nitrogens with one attached hydrogen (secondary N) is 4. The molecule has 676 valence electrons. The van der Waals surface area contributed by atoms with Gasteiger partial charge in [-0.1, -0.05) is 24.4 Å². The summed E-state index contributed by atoms with van der Waals surface area (Å²) < 4.78 is 225. The van der Waals surface area contributed by atoms with Crippen molar-refractivity contribution in [2.75, 3.05) is 39.6 Å². The molecule has 8 aliphatic heterocycles. The predicted molar refractivity (Wildman–Crippen MR) is 354 cm³/mol. The van der Waals surface area contributed by atoms with Gasteiger partial charge in [0.25, 0.3) is 0 Å². The van der Waals surface area contributed by atoms with Crippen LogP contribution in [0, 0.1) is 52.1 Å². The number of aliphatic hydroxyl groups excluding tert-OH is 13. The summed E-state index contributed by atoms with van der Waals surface area (Å²) in [7, 11) is -19.7. The van der Waals surface area contributed by atoms with Gasteiger partial charge in [-0.2, -0.15) is 26.4 Å². The Morgan fingerprint density at radius 3 is 0.789 bits per heavy atom. The number of nitrogens with two attached hydrogens (primary N) is 1. The zero-order valence-electron chi connectivity index (χ0n) is 68.3. The minimum atomic E-state index is -4.92. The second kappa shape index (κ2) is 65.9. The molecular weight excluding hydrogens is 1850 g/mol. The number of unbranched alkanes of at least 4 members (excludes halogenated alkanes) is 2. The van der Waals surface area contributed by atoms with E-state index in [1.165, 1.54) is 13.0 Å². The Bertz CT molecular complexity index is 3300. The molecule has 8 aliphatic rings. The van der Waals surface area contributed by atoms with Gasteiger partial charge < -0.3 is 187 Å². The third-order valence-corrected chi connectivity index (χ3v) is 16.2. The first-order valence-electron chi connectivity index (χ1n) is 33.6. The summed E-state index contributed by atoms with van der Waals surface area (Å²) >= 11 is 0. The molecule has 8 rings (SSSR count). The molecule has 0 radical (unpaired) electrons. The van der Waals surface area contributed by atoms with Gasteiger partial charge in [-0.3, -0.25) is 37.4 Å². The topological polar surface area (TPSA) is 863 Å². The molecule has 32 atom stereocenters. The Morgan fingerprint density at radius 1 is 0.350 bits per heavy atom. The molecule has 0 aromatic heterocycles. The third-order valence-electron chi connectivity index (χ3n) is 16.2. The Labute approximate surface area is 883 Å². The maximum Gasteiger partial charge on any atom is 1.00 e. The first kappa shape index (κ1) is 136. The molecule has 23 N–H and O–H groups in total. The summed E-state index contributed by atoms with van der Waals surface area (Å²) in [4.78, 5) is 49.4. The fraction of sp³-hybridized carbons (Fsp3) is 0.789. The normalized spacial score (nSPS) is 36.1. The van der Waals surface area contributed by atoms with Crippen molar-refractivity contribution in [1.82, 2.24) is 21.3 Å². The van der Waals surface area contributed by atoms with Crippen LogP contribution in [-0.4, -0.2) is 396 Å². The fourth-order valence-electron chi connectivity index (χ4n) is 11.5. The molecule has 8 heterocycles. The molecule has 0 aliphatic carbocycles. The quantitative estimate of drug-likeness (QED) is 0.0114. The number of ether oxygens (including phenoxy) is 16. The standard InChI is InChI=1S/C57H89N5O33.8Na.4H2O4S/c1-22(67)59-42-47(76)46(75)30(14-63)85-54(42)89-35-19-82-39(11-27(35)72)93-52-32(16-65)87-56(44(49(52)78)61-24(3)69)91-37-21-84-41(13-29(37)74)95-53-33(17-66)88-57(45(50(53)79)62-25(4)70)92-36-20-83-40(12-28(36)73)94-51-31(15-64)86-55(43(48(51)77)60-23(2)68)90-34-18-81-38(10-26(34)71)80-9-7-5-6-8-58;;;;;;;;;4*1-5(2,3)4/h10-13,18-21,26-57,63-66,71-79H,5-9,14-17,58H2,1-4H3,(H,59,67)(H,60,68)(H,61,69)(H,62,70);;;;;;;;;4*(H2,1,2,3,4)/q-8;8*+1;;;;/p-4/t26-,27-,28-,29-,30?,31?,32?,33?,34+,35+,36+,37+,38+,39-,40-,41-,42?,43?,44?,45?,46+,47+,48+,49+,50+,51+,52+,53+,54+,55-,56+,57+;;;;;;;;;;;;/m0............/s1. The molecule has 0 saturated carbocycles. The van der Waals surface area contributed by atoms with E-state index in [0.717, 1.165) is 79.6 Å². The van der Waals surface area contributed by atoms with E-state index in [2.05, 4.69) is 21.3 Å². The maximum absolute atomic E-state index is 12.6. The van der Waals surface area contributed by atoms with Crippen molar-refractivity contribution in [3.8, 4) is 0 Å². The summed E-state index contributed by atoms with van der Waals surface area (Å²) in [5, 5.41) is 152. The first-order chi connectivity index (χ1) is 53.3. The molecule has 0 aromatic rings. The molecule has 66 heteroatoms. The zero-order chi connectivity index (χ0) is 86.9. The van der Waals surface area contributed by atoms with Gasteiger partial charge in [0, 0.05) is 59.5 Å². The predicted octanol–water partition coefficient (Wildman–Crippen LogP) is -38.1. The molecule has 4 amide bonds. The van der Waals surface area contributed by atoms with E-state index in [4.69, 9.17) is 152 Å². The van der Waals surface area contributed by atoms with Gasteiger partial charge in [0.05, 0.1) is 26.4 Å². The van der Waals surface area contributed by atoms with Crippen molar-refractivity contribution < 1.29 is 468 Å². The summed E-state index contributed by atoms with van der Waals surface area (Å²) in [5.74, 6) is -2.67. The van der Waals surface area contributed by atoms with Gasteiger partial charge in [0.1, 0.15) is 97.4 Å². The molecular formula is C57H93N5Na8O49S4-4. The largest absolute Gasteiger partial charge is 1.00 e. The Hall–Kier alpha value is 4.16. The average Bonchev–Trinajstić information content (AvgIpc) is 0.792. The number of aliphatic hydroxyl groups is 13. The number of hydrogen-bond donors (Lipinski definition) is 22. The molecule has 0 aromatic carbocycles. The van der Waals surface area contributed by atoms with Crippen LogP contribution in [0.1, 0.15) is 47.0 Å². The van der Waals surface area contributed by atoms with Gasteiger partial charge in [0.2, 0.25) is 65.2 Å². The molecule has 54 nitrogen and oxygen atoms in total. The summed E-state index contributed by atoms with van der Waals surface area (Å²) in [6, 6.07) is -5.76. The van der Waals surface area contributed by atoms with Gasteiger partial charge in [0.15, 0.2) is 25.2 Å². The van der Waals surface area contributed by atoms with E-state index in [1.54, 1.807) is 0 Å². The number of amides is 4. The van der Waals surface area contributed by atoms with Crippen molar-refractivity contribution in [3.63, 3.8) is 0 Å². The molecule has 8 unspecified atom stereocenters. The summed E-state index contributed by atoms with van der Waals surface area (Å²) in [5.41, 5.74) is 5.54. The summed E-state index contributed by atoms with van der Waals surface area (Å²) in [6.07, 6.45) is -35.3. The van der Waals surface area contributed by atoms with E-state index in [0.29, 0.717) is 19.6 Å². The molecule has 8 saturated heterocycles. The van der Waals surface area contributed by atoms with E-state index < -0.39 is 288 Å². The van der Waals surface area contributed by atoms with Crippen LogP contribution in [-0.2, 0) is 137 Å². The van der Waals surface area contributed by atoms with Crippen LogP contribution >= 0.6 is 0 Å². The van der Waals surface area contributed by atoms with Crippen LogP contribution in [0.5, 0.6) is 0 Å². The second-order valence-corrected chi connectivity index (χ2v) is 28.6. The van der Waals surface area contributed by atoms with Crippen molar-refractivity contribution in [3.05, 3.63) is 52.1 Å². The van der Waals surface area contributed by atoms with Gasteiger partial charge in [-0.25, -0.2) is 59.4 Å². The second-order valence-electron chi connectivity index (χ2n) is 25.2. The Kier molecular flexibility index (Phi) is 72.7. The van der Waals surface area contributed by atoms with Crippen molar-refractivity contribution in [1.29, 1.82) is 0 Å². The molecule has 123 heavy (non-hydrogen) atoms. The average molecular weight is 1940 g/mol. The summed E-state index contributed by atoms with van der Waals surface area (Å²) in [6.45, 7) is 6.22. The van der Waals surface area contributed by atoms with Gasteiger partial charge in [-0.05, 0) is 50.2 Å². The number of carbonyl (C=O) groups excluding carboxylic acids is 4. The Balaban J connectivity index is -0.00000149. The van der Waals surface area contributed by atoms with E-state index in [1.807, 2.05) is 0 Å².